The molecule has 0 spiro atoms. The van der Waals surface area contributed by atoms with E-state index in [2.05, 4.69) is 25.5 Å². The first-order chi connectivity index (χ1) is 4.88. The van der Waals surface area contributed by atoms with Crippen LogP contribution in [0.5, 0.6) is 0 Å². The van der Waals surface area contributed by atoms with Crippen molar-refractivity contribution in [2.75, 3.05) is 13.2 Å². The summed E-state index contributed by atoms with van der Waals surface area (Å²) < 4.78 is 8.15. The van der Waals surface area contributed by atoms with Crippen LogP contribution in [-0.2, 0) is 4.74 Å². The van der Waals surface area contributed by atoms with E-state index in [-0.39, 0.29) is 0 Å². The van der Waals surface area contributed by atoms with Crippen molar-refractivity contribution in [3.63, 3.8) is 0 Å². The van der Waals surface area contributed by atoms with Crippen LogP contribution in [0, 0.1) is 0 Å². The van der Waals surface area contributed by atoms with Crippen LogP contribution in [0.15, 0.2) is 17.1 Å². The molecule has 2 rings (SSSR count). The maximum absolute atomic E-state index is 5.04. The molecule has 0 unspecified atom stereocenters. The summed E-state index contributed by atoms with van der Waals surface area (Å²) in [7, 11) is 0. The fourth-order valence-electron chi connectivity index (χ4n) is 0.941. The highest BCUT2D eigenvalue weighted by Crippen LogP contribution is 2.21. The number of nitrogens with zero attached hydrogens (tertiary/aromatic N) is 2. The van der Waals surface area contributed by atoms with E-state index in [9.17, 15) is 0 Å². The summed E-state index contributed by atoms with van der Waals surface area (Å²) in [5, 5.41) is 0. The molecule has 0 radical (unpaired) electrons. The lowest BCUT2D eigenvalue weighted by molar-refractivity contribution is -0.0242. The van der Waals surface area contributed by atoms with Crippen LogP contribution in [0.3, 0.4) is 0 Å². The third-order valence-corrected chi connectivity index (χ3v) is 2.25. The zero-order valence-electron chi connectivity index (χ0n) is 5.33. The molecule has 1 aliphatic rings. The molecule has 1 aliphatic heterocycles. The van der Waals surface area contributed by atoms with Gasteiger partial charge in [0.05, 0.1) is 31.8 Å². The van der Waals surface area contributed by atoms with E-state index in [4.69, 9.17) is 4.74 Å². The molecule has 2 heterocycles. The highest BCUT2D eigenvalue weighted by atomic mass is 79.9. The molecule has 1 saturated heterocycles. The largest absolute Gasteiger partial charge is 0.377 e. The fraction of sp³-hybridized carbons (Fsp3) is 0.500. The number of halogens is 1. The van der Waals surface area contributed by atoms with Gasteiger partial charge in [0.15, 0.2) is 0 Å². The van der Waals surface area contributed by atoms with Gasteiger partial charge in [-0.15, -0.1) is 0 Å². The Bertz CT molecular complexity index is 231. The summed E-state index contributed by atoms with van der Waals surface area (Å²) in [6.07, 6.45) is 3.61. The summed E-state index contributed by atoms with van der Waals surface area (Å²) in [6, 6.07) is 0.497. The van der Waals surface area contributed by atoms with Crippen molar-refractivity contribution in [1.82, 2.24) is 9.55 Å². The van der Waals surface area contributed by atoms with Gasteiger partial charge < -0.3 is 9.30 Å². The van der Waals surface area contributed by atoms with Crippen LogP contribution in [0.2, 0.25) is 0 Å². The molecular weight excluding hydrogens is 196 g/mol. The lowest BCUT2D eigenvalue weighted by Crippen LogP contribution is -2.30. The SMILES string of the molecule is Brc1cncn1C1COC1. The summed E-state index contributed by atoms with van der Waals surface area (Å²) in [5.41, 5.74) is 0. The number of hydrogen-bond donors (Lipinski definition) is 0. The third kappa shape index (κ3) is 0.876. The van der Waals surface area contributed by atoms with Crippen LogP contribution >= 0.6 is 15.9 Å². The monoisotopic (exact) mass is 202 g/mol. The lowest BCUT2D eigenvalue weighted by atomic mass is 10.3. The average Bonchev–Trinajstić information content (AvgIpc) is 2.12. The summed E-state index contributed by atoms with van der Waals surface area (Å²) in [4.78, 5) is 3.99. The Morgan fingerprint density at radius 3 is 2.90 bits per heavy atom. The van der Waals surface area contributed by atoms with Crippen molar-refractivity contribution in [3.8, 4) is 0 Å². The molecule has 0 aromatic carbocycles. The smallest absolute Gasteiger partial charge is 0.105 e. The zero-order chi connectivity index (χ0) is 6.97. The van der Waals surface area contributed by atoms with Crippen LogP contribution in [0.1, 0.15) is 6.04 Å². The minimum Gasteiger partial charge on any atom is -0.377 e. The van der Waals surface area contributed by atoms with Gasteiger partial charge in [-0.2, -0.15) is 0 Å². The first-order valence-corrected chi connectivity index (χ1v) is 3.92. The van der Waals surface area contributed by atoms with Gasteiger partial charge in [-0.05, 0) is 15.9 Å². The molecule has 0 aliphatic carbocycles. The van der Waals surface area contributed by atoms with Gasteiger partial charge in [0.25, 0.3) is 0 Å². The Labute approximate surface area is 67.1 Å². The summed E-state index contributed by atoms with van der Waals surface area (Å²) >= 11 is 3.39. The molecule has 0 saturated carbocycles. The molecule has 1 aromatic rings. The van der Waals surface area contributed by atoms with Crippen LogP contribution in [0.4, 0.5) is 0 Å². The standard InChI is InChI=1S/C6H7BrN2O/c7-6-1-8-4-9(6)5-2-10-3-5/h1,4-5H,2-3H2. The predicted molar refractivity (Wildman–Crippen MR) is 39.8 cm³/mol. The predicted octanol–water partition coefficient (Wildman–Crippen LogP) is 1.22. The third-order valence-electron chi connectivity index (χ3n) is 1.63. The van der Waals surface area contributed by atoms with Gasteiger partial charge in [0.2, 0.25) is 0 Å². The normalized spacial score (nSPS) is 18.9. The van der Waals surface area contributed by atoms with Gasteiger partial charge in [-0.1, -0.05) is 0 Å². The molecule has 0 bridgehead atoms. The van der Waals surface area contributed by atoms with E-state index in [1.54, 1.807) is 6.20 Å². The Balaban J connectivity index is 2.23. The van der Waals surface area contributed by atoms with E-state index in [0.717, 1.165) is 17.8 Å². The van der Waals surface area contributed by atoms with E-state index < -0.39 is 0 Å². The molecule has 1 fully saturated rings. The van der Waals surface area contributed by atoms with Crippen LogP contribution in [-0.4, -0.2) is 22.8 Å². The van der Waals surface area contributed by atoms with Crippen molar-refractivity contribution in [2.24, 2.45) is 0 Å². The van der Waals surface area contributed by atoms with Gasteiger partial charge >= 0.3 is 0 Å². The van der Waals surface area contributed by atoms with E-state index in [0.29, 0.717) is 6.04 Å². The highest BCUT2D eigenvalue weighted by Gasteiger charge is 2.21. The molecular formula is C6H7BrN2O. The second-order valence-electron chi connectivity index (χ2n) is 2.31. The van der Waals surface area contributed by atoms with E-state index in [1.807, 2.05) is 6.33 Å². The number of ether oxygens (including phenoxy) is 1. The van der Waals surface area contributed by atoms with Gasteiger partial charge in [-0.25, -0.2) is 4.98 Å². The van der Waals surface area contributed by atoms with Crippen LogP contribution in [0.25, 0.3) is 0 Å². The van der Waals surface area contributed by atoms with Crippen molar-refractivity contribution in [2.45, 2.75) is 6.04 Å². The Morgan fingerprint density at radius 1 is 1.70 bits per heavy atom. The van der Waals surface area contributed by atoms with Crippen molar-refractivity contribution in [1.29, 1.82) is 0 Å². The molecule has 10 heavy (non-hydrogen) atoms. The first kappa shape index (κ1) is 6.37. The zero-order valence-corrected chi connectivity index (χ0v) is 6.91. The number of aromatic nitrogens is 2. The second kappa shape index (κ2) is 2.36. The molecule has 0 atom stereocenters. The molecule has 54 valence electrons. The Morgan fingerprint density at radius 2 is 2.50 bits per heavy atom. The van der Waals surface area contributed by atoms with Gasteiger partial charge in [-0.3, -0.25) is 0 Å². The Kier molecular flexibility index (Phi) is 1.50. The van der Waals surface area contributed by atoms with Crippen molar-refractivity contribution < 1.29 is 4.74 Å². The molecule has 3 nitrogen and oxygen atoms in total. The second-order valence-corrected chi connectivity index (χ2v) is 3.13. The average molecular weight is 203 g/mol. The Hall–Kier alpha value is -0.350. The molecule has 1 aromatic heterocycles. The molecule has 0 amide bonds. The molecule has 4 heteroatoms. The summed E-state index contributed by atoms with van der Waals surface area (Å²) in [6.45, 7) is 1.63. The van der Waals surface area contributed by atoms with E-state index >= 15 is 0 Å². The number of rotatable bonds is 1. The molecule has 0 N–H and O–H groups in total. The maximum Gasteiger partial charge on any atom is 0.105 e. The van der Waals surface area contributed by atoms with Gasteiger partial charge in [0, 0.05) is 0 Å². The summed E-state index contributed by atoms with van der Waals surface area (Å²) in [5.74, 6) is 0. The quantitative estimate of drug-likeness (QED) is 0.685. The van der Waals surface area contributed by atoms with E-state index in [1.165, 1.54) is 0 Å². The maximum atomic E-state index is 5.04. The minimum atomic E-state index is 0.497. The van der Waals surface area contributed by atoms with Crippen LogP contribution < -0.4 is 0 Å². The first-order valence-electron chi connectivity index (χ1n) is 3.13. The van der Waals surface area contributed by atoms with Crippen molar-refractivity contribution in [3.05, 3.63) is 17.1 Å². The number of hydrogen-bond acceptors (Lipinski definition) is 2. The highest BCUT2D eigenvalue weighted by molar-refractivity contribution is 9.10. The van der Waals surface area contributed by atoms with Crippen molar-refractivity contribution >= 4 is 15.9 Å². The lowest BCUT2D eigenvalue weighted by Gasteiger charge is -2.27. The number of imidazole rings is 1. The topological polar surface area (TPSA) is 27.1 Å². The minimum absolute atomic E-state index is 0.497. The fourth-order valence-corrected chi connectivity index (χ4v) is 1.44. The van der Waals surface area contributed by atoms with Gasteiger partial charge in [0.1, 0.15) is 4.60 Å².